The van der Waals surface area contributed by atoms with E-state index in [4.69, 9.17) is 14.2 Å². The smallest absolute Gasteiger partial charge is 0.161 e. The minimum atomic E-state index is 0.791. The summed E-state index contributed by atoms with van der Waals surface area (Å²) in [5.74, 6) is 2.54. The van der Waals surface area contributed by atoms with E-state index in [-0.39, 0.29) is 0 Å². The first-order valence-electron chi connectivity index (χ1n) is 7.06. The molecule has 0 N–H and O–H groups in total. The van der Waals surface area contributed by atoms with Gasteiger partial charge in [0.25, 0.3) is 0 Å². The molecule has 0 aliphatic heterocycles. The Hall–Kier alpha value is -2.16. The maximum absolute atomic E-state index is 5.44. The summed E-state index contributed by atoms with van der Waals surface area (Å²) in [5.41, 5.74) is 6.49. The highest BCUT2D eigenvalue weighted by molar-refractivity contribution is 5.55. The molecule has 0 unspecified atom stereocenters. The maximum atomic E-state index is 5.44. The van der Waals surface area contributed by atoms with Gasteiger partial charge in [-0.1, -0.05) is 6.07 Å². The summed E-state index contributed by atoms with van der Waals surface area (Å²) in [6.07, 6.45) is 1.83. The Morgan fingerprint density at radius 1 is 0.619 bits per heavy atom. The van der Waals surface area contributed by atoms with Crippen molar-refractivity contribution in [3.63, 3.8) is 0 Å². The molecule has 3 heteroatoms. The predicted octanol–water partition coefficient (Wildman–Crippen LogP) is 3.52. The van der Waals surface area contributed by atoms with Gasteiger partial charge in [0.05, 0.1) is 21.3 Å². The zero-order chi connectivity index (χ0) is 15.0. The van der Waals surface area contributed by atoms with Gasteiger partial charge in [0.1, 0.15) is 5.75 Å². The highest BCUT2D eigenvalue weighted by atomic mass is 16.5. The maximum Gasteiger partial charge on any atom is 0.161 e. The molecule has 110 valence electrons. The number of methoxy groups -OCH3 is 3. The third-order valence-electron chi connectivity index (χ3n) is 4.18. The van der Waals surface area contributed by atoms with Crippen LogP contribution in [0.2, 0.25) is 0 Å². The van der Waals surface area contributed by atoms with Gasteiger partial charge in [-0.05, 0) is 65.8 Å². The molecule has 21 heavy (non-hydrogen) atoms. The fourth-order valence-electron chi connectivity index (χ4n) is 3.04. The Bertz CT molecular complexity index is 689. The van der Waals surface area contributed by atoms with E-state index in [9.17, 15) is 0 Å². The number of benzene rings is 2. The number of fused-ring (bicyclic) bond motifs is 2. The predicted molar refractivity (Wildman–Crippen MR) is 82.9 cm³/mol. The monoisotopic (exact) mass is 284 g/mol. The molecule has 2 aromatic carbocycles. The van der Waals surface area contributed by atoms with Crippen LogP contribution in [-0.4, -0.2) is 21.3 Å². The van der Waals surface area contributed by atoms with Gasteiger partial charge in [-0.3, -0.25) is 0 Å². The highest BCUT2D eigenvalue weighted by Gasteiger charge is 2.20. The van der Waals surface area contributed by atoms with Crippen molar-refractivity contribution < 1.29 is 14.2 Å². The van der Waals surface area contributed by atoms with Gasteiger partial charge in [0.15, 0.2) is 11.5 Å². The average molecular weight is 284 g/mol. The Morgan fingerprint density at radius 2 is 1.00 bits per heavy atom. The lowest BCUT2D eigenvalue weighted by molar-refractivity contribution is 0.354. The van der Waals surface area contributed by atoms with Gasteiger partial charge in [-0.2, -0.15) is 0 Å². The number of aryl methyl sites for hydroxylation is 1. The summed E-state index contributed by atoms with van der Waals surface area (Å²) in [5, 5.41) is 0. The second kappa shape index (κ2) is 5.32. The zero-order valence-electron chi connectivity index (χ0n) is 12.9. The van der Waals surface area contributed by atoms with E-state index in [1.54, 1.807) is 21.3 Å². The topological polar surface area (TPSA) is 27.7 Å². The first-order valence-corrected chi connectivity index (χ1v) is 7.06. The van der Waals surface area contributed by atoms with Crippen LogP contribution >= 0.6 is 0 Å². The van der Waals surface area contributed by atoms with Crippen molar-refractivity contribution in [2.75, 3.05) is 21.3 Å². The lowest BCUT2D eigenvalue weighted by atomic mass is 9.84. The minimum absolute atomic E-state index is 0.791. The molecule has 1 aliphatic rings. The molecule has 0 radical (unpaired) electrons. The molecule has 0 saturated carbocycles. The molecule has 0 bridgehead atoms. The molecule has 0 atom stereocenters. The second-order valence-electron chi connectivity index (χ2n) is 5.42. The van der Waals surface area contributed by atoms with E-state index >= 15 is 0 Å². The first-order chi connectivity index (χ1) is 10.2. The van der Waals surface area contributed by atoms with Crippen molar-refractivity contribution in [2.45, 2.75) is 19.8 Å². The number of rotatable bonds is 3. The molecule has 0 fully saturated rings. The van der Waals surface area contributed by atoms with E-state index < -0.39 is 0 Å². The summed E-state index contributed by atoms with van der Waals surface area (Å²) in [6.45, 7) is 2.09. The van der Waals surface area contributed by atoms with Crippen LogP contribution < -0.4 is 14.2 Å². The Balaban J connectivity index is 2.06. The molecule has 3 rings (SSSR count). The van der Waals surface area contributed by atoms with Gasteiger partial charge in [0.2, 0.25) is 0 Å². The summed E-state index contributed by atoms with van der Waals surface area (Å²) in [6, 6.07) is 8.57. The van der Waals surface area contributed by atoms with Crippen LogP contribution in [-0.2, 0) is 12.8 Å². The fraction of sp³-hybridized carbons (Fsp3) is 0.333. The highest BCUT2D eigenvalue weighted by Crippen LogP contribution is 2.37. The van der Waals surface area contributed by atoms with E-state index in [1.165, 1.54) is 27.8 Å². The zero-order valence-corrected chi connectivity index (χ0v) is 12.9. The summed E-state index contributed by atoms with van der Waals surface area (Å²) < 4.78 is 16.2. The number of ether oxygens (including phenoxy) is 3. The van der Waals surface area contributed by atoms with E-state index in [0.717, 1.165) is 30.1 Å². The lowest BCUT2D eigenvalue weighted by Gasteiger charge is -2.23. The van der Waals surface area contributed by atoms with Crippen molar-refractivity contribution in [2.24, 2.45) is 0 Å². The molecule has 0 heterocycles. The standard InChI is InChI=1S/C18H20O3/c1-11-5-12-6-14-9-17(20-3)18(21-4)10-15(14)7-13(12)8-16(11)19-2/h5,8-10H,6-7H2,1-4H3. The van der Waals surface area contributed by atoms with Crippen LogP contribution in [0.5, 0.6) is 17.2 Å². The van der Waals surface area contributed by atoms with Crippen molar-refractivity contribution in [3.05, 3.63) is 52.1 Å². The molecule has 0 spiro atoms. The quantitative estimate of drug-likeness (QED) is 0.736. The number of hydrogen-bond acceptors (Lipinski definition) is 3. The van der Waals surface area contributed by atoms with Crippen LogP contribution in [0, 0.1) is 6.92 Å². The van der Waals surface area contributed by atoms with Gasteiger partial charge in [-0.15, -0.1) is 0 Å². The van der Waals surface area contributed by atoms with Crippen LogP contribution in [0.3, 0.4) is 0 Å². The Kier molecular flexibility index (Phi) is 3.50. The Labute approximate surface area is 125 Å². The molecular formula is C18H20O3. The van der Waals surface area contributed by atoms with E-state index in [2.05, 4.69) is 31.2 Å². The average Bonchev–Trinajstić information content (AvgIpc) is 2.51. The molecule has 3 nitrogen and oxygen atoms in total. The van der Waals surface area contributed by atoms with Crippen LogP contribution in [0.1, 0.15) is 27.8 Å². The van der Waals surface area contributed by atoms with Crippen molar-refractivity contribution in [3.8, 4) is 17.2 Å². The largest absolute Gasteiger partial charge is 0.496 e. The van der Waals surface area contributed by atoms with Crippen molar-refractivity contribution in [1.29, 1.82) is 0 Å². The van der Waals surface area contributed by atoms with Crippen LogP contribution in [0.25, 0.3) is 0 Å². The minimum Gasteiger partial charge on any atom is -0.496 e. The third-order valence-corrected chi connectivity index (χ3v) is 4.18. The SMILES string of the molecule is COc1cc2c(cc1C)Cc1cc(OC)c(OC)cc1C2. The summed E-state index contributed by atoms with van der Waals surface area (Å²) in [7, 11) is 5.07. The van der Waals surface area contributed by atoms with Gasteiger partial charge >= 0.3 is 0 Å². The summed E-state index contributed by atoms with van der Waals surface area (Å²) >= 11 is 0. The molecule has 0 aromatic heterocycles. The van der Waals surface area contributed by atoms with Gasteiger partial charge in [0, 0.05) is 0 Å². The van der Waals surface area contributed by atoms with E-state index in [0.29, 0.717) is 0 Å². The molecule has 2 aromatic rings. The van der Waals surface area contributed by atoms with Crippen molar-refractivity contribution >= 4 is 0 Å². The second-order valence-corrected chi connectivity index (χ2v) is 5.42. The summed E-state index contributed by atoms with van der Waals surface area (Å²) in [4.78, 5) is 0. The normalized spacial score (nSPS) is 12.4. The lowest BCUT2D eigenvalue weighted by Crippen LogP contribution is -2.09. The fourth-order valence-corrected chi connectivity index (χ4v) is 3.04. The van der Waals surface area contributed by atoms with E-state index in [1.807, 2.05) is 0 Å². The Morgan fingerprint density at radius 3 is 1.43 bits per heavy atom. The van der Waals surface area contributed by atoms with Crippen LogP contribution in [0.15, 0.2) is 24.3 Å². The molecule has 1 aliphatic carbocycles. The first kappa shape index (κ1) is 13.8. The van der Waals surface area contributed by atoms with Gasteiger partial charge < -0.3 is 14.2 Å². The number of hydrogen-bond donors (Lipinski definition) is 0. The van der Waals surface area contributed by atoms with Crippen molar-refractivity contribution in [1.82, 2.24) is 0 Å². The van der Waals surface area contributed by atoms with Crippen LogP contribution in [0.4, 0.5) is 0 Å². The molecular weight excluding hydrogens is 264 g/mol. The molecule has 0 amide bonds. The molecule has 0 saturated heterocycles. The van der Waals surface area contributed by atoms with Gasteiger partial charge in [-0.25, -0.2) is 0 Å². The third kappa shape index (κ3) is 2.33.